The van der Waals surface area contributed by atoms with E-state index in [2.05, 4.69) is 16.6 Å². The molecule has 0 spiro atoms. The summed E-state index contributed by atoms with van der Waals surface area (Å²) in [6, 6.07) is 14.8. The lowest BCUT2D eigenvalue weighted by molar-refractivity contribution is -0.136. The molecule has 0 atom stereocenters. The number of aliphatic carboxylic acids is 1. The summed E-state index contributed by atoms with van der Waals surface area (Å²) in [6.07, 6.45) is 0.942. The second-order valence-electron chi connectivity index (χ2n) is 6.52. The molecule has 2 rings (SSSR count). The Morgan fingerprint density at radius 3 is 2.22 bits per heavy atom. The van der Waals surface area contributed by atoms with Crippen LogP contribution in [-0.4, -0.2) is 31.1 Å². The van der Waals surface area contributed by atoms with Crippen LogP contribution in [0.1, 0.15) is 43.0 Å². The van der Waals surface area contributed by atoms with Gasteiger partial charge in [0.1, 0.15) is 6.29 Å². The highest BCUT2D eigenvalue weighted by molar-refractivity contribution is 5.70. The number of hydrogen-bond acceptors (Lipinski definition) is 3. The van der Waals surface area contributed by atoms with Gasteiger partial charge in [0.15, 0.2) is 0 Å². The first-order valence-corrected chi connectivity index (χ1v) is 8.71. The number of benzene rings is 2. The molecule has 0 heterocycles. The molecule has 0 aliphatic heterocycles. The summed E-state index contributed by atoms with van der Waals surface area (Å²) in [5, 5.41) is 8.75. The number of carboxylic acid groups (broad SMARTS) is 1. The highest BCUT2D eigenvalue weighted by atomic mass is 16.5. The third-order valence-corrected chi connectivity index (χ3v) is 3.85. The molecule has 2 aromatic carbocycles. The van der Waals surface area contributed by atoms with Crippen LogP contribution in [0.2, 0.25) is 0 Å². The van der Waals surface area contributed by atoms with Crippen molar-refractivity contribution in [2.45, 2.75) is 32.6 Å². The highest BCUT2D eigenvalue weighted by Gasteiger charge is 2.19. The Balaban J connectivity index is 0.000000828. The third-order valence-electron chi connectivity index (χ3n) is 3.85. The minimum atomic E-state index is -0.849. The van der Waals surface area contributed by atoms with Gasteiger partial charge in [0.25, 0.3) is 0 Å². The summed E-state index contributed by atoms with van der Waals surface area (Å²) in [7, 11) is 1.68. The predicted molar refractivity (Wildman–Crippen MR) is 107 cm³/mol. The first-order valence-electron chi connectivity index (χ1n) is 8.71. The van der Waals surface area contributed by atoms with E-state index in [1.54, 1.807) is 19.2 Å². The smallest absolute Gasteiger partial charge is 0.307 e. The lowest BCUT2D eigenvalue weighted by Gasteiger charge is -2.17. The second kappa shape index (κ2) is 10.9. The molecule has 0 unspecified atom stereocenters. The fourth-order valence-corrected chi connectivity index (χ4v) is 2.09. The van der Waals surface area contributed by atoms with E-state index in [1.165, 1.54) is 0 Å². The Hall–Kier alpha value is -2.90. The largest absolute Gasteiger partial charge is 0.481 e. The summed E-state index contributed by atoms with van der Waals surface area (Å²) < 4.78 is 4.54. The van der Waals surface area contributed by atoms with Crippen molar-refractivity contribution in [2.24, 2.45) is 0 Å². The Bertz CT molecular complexity index is 806. The van der Waals surface area contributed by atoms with Crippen LogP contribution in [0.15, 0.2) is 48.5 Å². The van der Waals surface area contributed by atoms with Crippen molar-refractivity contribution in [2.75, 3.05) is 13.7 Å². The van der Waals surface area contributed by atoms with Gasteiger partial charge in [0, 0.05) is 30.3 Å². The molecule has 0 fully saturated rings. The quantitative estimate of drug-likeness (QED) is 0.645. The summed E-state index contributed by atoms with van der Waals surface area (Å²) in [5.74, 6) is 5.28. The van der Waals surface area contributed by atoms with Crippen molar-refractivity contribution in [1.29, 1.82) is 0 Å². The summed E-state index contributed by atoms with van der Waals surface area (Å²) in [5.41, 5.74) is 2.80. The lowest BCUT2D eigenvalue weighted by Crippen LogP contribution is -2.18. The highest BCUT2D eigenvalue weighted by Crippen LogP contribution is 2.21. The van der Waals surface area contributed by atoms with E-state index in [-0.39, 0.29) is 6.42 Å². The molecular weight excluding hydrogens is 340 g/mol. The molecule has 4 heteroatoms. The van der Waals surface area contributed by atoms with Crippen LogP contribution in [0.3, 0.4) is 0 Å². The average molecular weight is 366 g/mol. The summed E-state index contributed by atoms with van der Waals surface area (Å²) in [6.45, 7) is 6.52. The van der Waals surface area contributed by atoms with Crippen molar-refractivity contribution in [1.82, 2.24) is 0 Å². The molecule has 27 heavy (non-hydrogen) atoms. The molecule has 0 bridgehead atoms. The molecule has 4 nitrogen and oxygen atoms in total. The molecule has 0 amide bonds. The van der Waals surface area contributed by atoms with Crippen LogP contribution in [0.25, 0.3) is 0 Å². The van der Waals surface area contributed by atoms with Gasteiger partial charge >= 0.3 is 5.97 Å². The molecule has 1 N–H and O–H groups in total. The predicted octanol–water partition coefficient (Wildman–Crippen LogP) is 3.84. The number of rotatable bonds is 5. The summed E-state index contributed by atoms with van der Waals surface area (Å²) >= 11 is 0. The van der Waals surface area contributed by atoms with Gasteiger partial charge in [-0.3, -0.25) is 4.79 Å². The SMILES string of the molecule is CC(C)(C=O)c1cccc(C#Cc2ccc(CC(=O)O)cc2)c1.CCOC. The van der Waals surface area contributed by atoms with Crippen molar-refractivity contribution in [3.8, 4) is 11.8 Å². The maximum Gasteiger partial charge on any atom is 0.307 e. The molecular formula is C23H26O4. The molecule has 0 aliphatic rings. The standard InChI is InChI=1S/C20H18O3.C3H8O/c1-20(2,14-21)18-5-3-4-16(12-18)9-6-15-7-10-17(11-8-15)13-19(22)23;1-3-4-2/h3-5,7-8,10-12,14H,13H2,1-2H3,(H,22,23);3H2,1-2H3. The Morgan fingerprint density at radius 1 is 1.11 bits per heavy atom. The van der Waals surface area contributed by atoms with Gasteiger partial charge < -0.3 is 14.6 Å². The van der Waals surface area contributed by atoms with Gasteiger partial charge in [0.05, 0.1) is 6.42 Å². The molecule has 0 aromatic heterocycles. The average Bonchev–Trinajstić information content (AvgIpc) is 2.67. The van der Waals surface area contributed by atoms with Crippen molar-refractivity contribution < 1.29 is 19.4 Å². The minimum Gasteiger partial charge on any atom is -0.481 e. The van der Waals surface area contributed by atoms with Gasteiger partial charge in [-0.25, -0.2) is 0 Å². The zero-order valence-electron chi connectivity index (χ0n) is 16.3. The zero-order valence-corrected chi connectivity index (χ0v) is 16.3. The molecule has 0 saturated heterocycles. The fourth-order valence-electron chi connectivity index (χ4n) is 2.09. The first-order chi connectivity index (χ1) is 12.8. The van der Waals surface area contributed by atoms with Crippen LogP contribution in [0, 0.1) is 11.8 Å². The van der Waals surface area contributed by atoms with E-state index in [0.717, 1.165) is 35.1 Å². The fraction of sp³-hybridized carbons (Fsp3) is 0.304. The number of methoxy groups -OCH3 is 1. The van der Waals surface area contributed by atoms with Crippen molar-refractivity contribution in [3.63, 3.8) is 0 Å². The molecule has 0 aliphatic carbocycles. The number of aldehydes is 1. The maximum atomic E-state index is 11.1. The van der Waals surface area contributed by atoms with Crippen LogP contribution in [0.5, 0.6) is 0 Å². The van der Waals surface area contributed by atoms with Gasteiger partial charge in [-0.2, -0.15) is 0 Å². The van der Waals surface area contributed by atoms with E-state index in [1.807, 2.05) is 57.2 Å². The monoisotopic (exact) mass is 366 g/mol. The minimum absolute atomic E-state index is 0.0104. The maximum absolute atomic E-state index is 11.1. The topological polar surface area (TPSA) is 63.6 Å². The van der Waals surface area contributed by atoms with Crippen LogP contribution in [-0.2, 0) is 26.2 Å². The number of carboxylic acids is 1. The molecule has 0 saturated carbocycles. The second-order valence-corrected chi connectivity index (χ2v) is 6.52. The Labute approximate surface area is 161 Å². The lowest BCUT2D eigenvalue weighted by atomic mass is 9.85. The van der Waals surface area contributed by atoms with Crippen molar-refractivity contribution >= 4 is 12.3 Å². The Morgan fingerprint density at radius 2 is 1.70 bits per heavy atom. The number of carbonyl (C=O) groups excluding carboxylic acids is 1. The van der Waals surface area contributed by atoms with E-state index < -0.39 is 11.4 Å². The van der Waals surface area contributed by atoms with Crippen LogP contribution >= 0.6 is 0 Å². The van der Waals surface area contributed by atoms with Gasteiger partial charge in [-0.05, 0) is 56.2 Å². The molecule has 2 aromatic rings. The van der Waals surface area contributed by atoms with Gasteiger partial charge in [-0.15, -0.1) is 0 Å². The van der Waals surface area contributed by atoms with E-state index in [9.17, 15) is 9.59 Å². The van der Waals surface area contributed by atoms with E-state index in [4.69, 9.17) is 5.11 Å². The normalized spacial score (nSPS) is 10.1. The van der Waals surface area contributed by atoms with Gasteiger partial charge in [0.2, 0.25) is 0 Å². The van der Waals surface area contributed by atoms with Gasteiger partial charge in [-0.1, -0.05) is 36.1 Å². The zero-order chi connectivity index (χ0) is 20.3. The summed E-state index contributed by atoms with van der Waals surface area (Å²) in [4.78, 5) is 21.8. The Kier molecular flexibility index (Phi) is 8.98. The van der Waals surface area contributed by atoms with Crippen LogP contribution in [0.4, 0.5) is 0 Å². The molecule has 142 valence electrons. The van der Waals surface area contributed by atoms with Crippen molar-refractivity contribution in [3.05, 3.63) is 70.8 Å². The number of ether oxygens (including phenoxy) is 1. The number of hydrogen-bond donors (Lipinski definition) is 1. The third kappa shape index (κ3) is 7.89. The first kappa shape index (κ1) is 22.1. The van der Waals surface area contributed by atoms with E-state index >= 15 is 0 Å². The van der Waals surface area contributed by atoms with Crippen LogP contribution < -0.4 is 0 Å². The number of carbonyl (C=O) groups is 2. The molecule has 0 radical (unpaired) electrons. The van der Waals surface area contributed by atoms with E-state index in [0.29, 0.717) is 0 Å².